The largest absolute Gasteiger partial charge is 0.311 e. The van der Waals surface area contributed by atoms with E-state index in [9.17, 15) is 9.18 Å². The molecule has 0 aliphatic rings. The molecule has 8 heteroatoms. The lowest BCUT2D eigenvalue weighted by atomic mass is 10.1. The van der Waals surface area contributed by atoms with Crippen LogP contribution in [0.5, 0.6) is 0 Å². The Bertz CT molecular complexity index is 1260. The minimum Gasteiger partial charge on any atom is -0.311 e. The fourth-order valence-corrected chi connectivity index (χ4v) is 4.18. The zero-order chi connectivity index (χ0) is 21.1. The van der Waals surface area contributed by atoms with E-state index >= 15 is 0 Å². The summed E-state index contributed by atoms with van der Waals surface area (Å²) in [6.07, 6.45) is 0.186. The zero-order valence-electron chi connectivity index (χ0n) is 16.2. The average Bonchev–Trinajstić information content (AvgIpc) is 3.16. The van der Waals surface area contributed by atoms with Crippen LogP contribution in [0.2, 0.25) is 0 Å². The van der Waals surface area contributed by atoms with E-state index in [2.05, 4.69) is 16.3 Å². The SMILES string of the molecule is Cc1cc2nnc(SCC(=O)N(CCC#N)c3ccc(F)cc3)n2c2ccccc12. The molecular formula is C22H18FN5OS. The molecule has 0 aliphatic carbocycles. The van der Waals surface area contributed by atoms with E-state index in [1.165, 1.54) is 40.9 Å². The second-order valence-electron chi connectivity index (χ2n) is 6.74. The summed E-state index contributed by atoms with van der Waals surface area (Å²) in [7, 11) is 0. The van der Waals surface area contributed by atoms with Gasteiger partial charge in [-0.2, -0.15) is 5.26 Å². The molecule has 0 radical (unpaired) electrons. The number of anilines is 1. The Labute approximate surface area is 176 Å². The molecule has 0 saturated carbocycles. The van der Waals surface area contributed by atoms with Crippen molar-refractivity contribution >= 4 is 39.9 Å². The molecule has 4 rings (SSSR count). The Hall–Kier alpha value is -3.44. The first-order valence-electron chi connectivity index (χ1n) is 9.37. The number of rotatable bonds is 6. The molecule has 0 saturated heterocycles. The minimum absolute atomic E-state index is 0.117. The lowest BCUT2D eigenvalue weighted by Crippen LogP contribution is -2.33. The lowest BCUT2D eigenvalue weighted by molar-refractivity contribution is -0.116. The van der Waals surface area contributed by atoms with Crippen molar-refractivity contribution in [2.45, 2.75) is 18.5 Å². The predicted molar refractivity (Wildman–Crippen MR) is 115 cm³/mol. The standard InChI is InChI=1S/C22H18FN5OS/c1-15-13-20-25-26-22(28(20)19-6-3-2-5-18(15)19)30-14-21(29)27(12-4-11-24)17-9-7-16(23)8-10-17/h2-3,5-10,13H,4,12,14H2,1H3. The molecule has 4 aromatic rings. The van der Waals surface area contributed by atoms with Crippen molar-refractivity contribution in [2.75, 3.05) is 17.2 Å². The second kappa shape index (κ2) is 8.51. The van der Waals surface area contributed by atoms with Crippen LogP contribution in [0.15, 0.2) is 59.8 Å². The summed E-state index contributed by atoms with van der Waals surface area (Å²) in [6, 6.07) is 17.7. The highest BCUT2D eigenvalue weighted by Crippen LogP contribution is 2.26. The summed E-state index contributed by atoms with van der Waals surface area (Å²) in [6.45, 7) is 2.27. The molecule has 2 aromatic carbocycles. The van der Waals surface area contributed by atoms with Crippen LogP contribution in [-0.2, 0) is 4.79 Å². The number of aryl methyl sites for hydroxylation is 1. The Kier molecular flexibility index (Phi) is 5.63. The van der Waals surface area contributed by atoms with Crippen LogP contribution in [0, 0.1) is 24.1 Å². The van der Waals surface area contributed by atoms with Crippen LogP contribution >= 0.6 is 11.8 Å². The van der Waals surface area contributed by atoms with E-state index < -0.39 is 0 Å². The number of aromatic nitrogens is 3. The third-order valence-electron chi connectivity index (χ3n) is 4.79. The molecule has 6 nitrogen and oxygen atoms in total. The van der Waals surface area contributed by atoms with Gasteiger partial charge in [0.25, 0.3) is 0 Å². The van der Waals surface area contributed by atoms with Gasteiger partial charge in [-0.05, 0) is 48.9 Å². The van der Waals surface area contributed by atoms with Crippen molar-refractivity contribution in [3.05, 3.63) is 66.0 Å². The quantitative estimate of drug-likeness (QED) is 0.434. The van der Waals surface area contributed by atoms with Crippen molar-refractivity contribution in [3.8, 4) is 6.07 Å². The summed E-state index contributed by atoms with van der Waals surface area (Å²) in [5.74, 6) is -0.445. The predicted octanol–water partition coefficient (Wildman–Crippen LogP) is 4.37. The summed E-state index contributed by atoms with van der Waals surface area (Å²) in [4.78, 5) is 14.4. The van der Waals surface area contributed by atoms with Crippen LogP contribution in [0.3, 0.4) is 0 Å². The number of para-hydroxylation sites is 1. The van der Waals surface area contributed by atoms with Crippen LogP contribution in [0.1, 0.15) is 12.0 Å². The van der Waals surface area contributed by atoms with Gasteiger partial charge in [-0.3, -0.25) is 9.20 Å². The third-order valence-corrected chi connectivity index (χ3v) is 5.70. The van der Waals surface area contributed by atoms with Crippen molar-refractivity contribution in [1.82, 2.24) is 14.6 Å². The van der Waals surface area contributed by atoms with Gasteiger partial charge in [-0.1, -0.05) is 30.0 Å². The summed E-state index contributed by atoms with van der Waals surface area (Å²) >= 11 is 1.29. The molecule has 2 aromatic heterocycles. The van der Waals surface area contributed by atoms with Crippen LogP contribution in [-0.4, -0.2) is 32.8 Å². The third kappa shape index (κ3) is 3.84. The van der Waals surface area contributed by atoms with Crippen molar-refractivity contribution in [3.63, 3.8) is 0 Å². The fourth-order valence-electron chi connectivity index (χ4n) is 3.35. The second-order valence-corrected chi connectivity index (χ2v) is 7.68. The van der Waals surface area contributed by atoms with Crippen LogP contribution < -0.4 is 4.90 Å². The van der Waals surface area contributed by atoms with Gasteiger partial charge in [-0.15, -0.1) is 10.2 Å². The highest BCUT2D eigenvalue weighted by molar-refractivity contribution is 7.99. The Balaban J connectivity index is 1.61. The number of thioether (sulfide) groups is 1. The van der Waals surface area contributed by atoms with Crippen molar-refractivity contribution < 1.29 is 9.18 Å². The maximum absolute atomic E-state index is 13.3. The van der Waals surface area contributed by atoms with Gasteiger partial charge in [0.2, 0.25) is 5.91 Å². The number of pyridine rings is 1. The Morgan fingerprint density at radius 1 is 1.20 bits per heavy atom. The first kappa shape index (κ1) is 19.9. The van der Waals surface area contributed by atoms with Crippen LogP contribution in [0.25, 0.3) is 16.6 Å². The number of hydrogen-bond acceptors (Lipinski definition) is 5. The van der Waals surface area contributed by atoms with E-state index in [1.807, 2.05) is 41.7 Å². The molecular weight excluding hydrogens is 401 g/mol. The van der Waals surface area contributed by atoms with Gasteiger partial charge < -0.3 is 4.90 Å². The van der Waals surface area contributed by atoms with E-state index in [0.29, 0.717) is 10.8 Å². The molecule has 150 valence electrons. The summed E-state index contributed by atoms with van der Waals surface area (Å²) in [5, 5.41) is 19.2. The molecule has 0 bridgehead atoms. The monoisotopic (exact) mass is 419 g/mol. The number of hydrogen-bond donors (Lipinski definition) is 0. The number of halogens is 1. The molecule has 30 heavy (non-hydrogen) atoms. The fraction of sp³-hybridized carbons (Fsp3) is 0.182. The number of carbonyl (C=O) groups excluding carboxylic acids is 1. The maximum Gasteiger partial charge on any atom is 0.237 e. The number of amides is 1. The van der Waals surface area contributed by atoms with Gasteiger partial charge in [0.15, 0.2) is 10.8 Å². The molecule has 2 heterocycles. The van der Waals surface area contributed by atoms with E-state index in [4.69, 9.17) is 5.26 Å². The molecule has 0 atom stereocenters. The normalized spacial score (nSPS) is 11.0. The van der Waals surface area contributed by atoms with Gasteiger partial charge >= 0.3 is 0 Å². The van der Waals surface area contributed by atoms with Crippen LogP contribution in [0.4, 0.5) is 10.1 Å². The lowest BCUT2D eigenvalue weighted by Gasteiger charge is -2.21. The van der Waals surface area contributed by atoms with E-state index in [-0.39, 0.29) is 30.4 Å². The molecule has 0 N–H and O–H groups in total. The van der Waals surface area contributed by atoms with Gasteiger partial charge in [0, 0.05) is 17.6 Å². The minimum atomic E-state index is -0.377. The molecule has 0 fully saturated rings. The van der Waals surface area contributed by atoms with Gasteiger partial charge in [0.05, 0.1) is 23.8 Å². The number of nitrogens with zero attached hydrogens (tertiary/aromatic N) is 5. The molecule has 0 unspecified atom stereocenters. The summed E-state index contributed by atoms with van der Waals surface area (Å²) in [5.41, 5.74) is 3.37. The first-order valence-corrected chi connectivity index (χ1v) is 10.4. The topological polar surface area (TPSA) is 74.3 Å². The van der Waals surface area contributed by atoms with Crippen molar-refractivity contribution in [1.29, 1.82) is 5.26 Å². The Morgan fingerprint density at radius 3 is 2.73 bits per heavy atom. The van der Waals surface area contributed by atoms with Gasteiger partial charge in [-0.25, -0.2) is 4.39 Å². The number of carbonyl (C=O) groups is 1. The smallest absolute Gasteiger partial charge is 0.237 e. The first-order chi connectivity index (χ1) is 14.6. The molecule has 1 amide bonds. The van der Waals surface area contributed by atoms with Crippen molar-refractivity contribution in [2.24, 2.45) is 0 Å². The number of nitriles is 1. The molecule has 0 aliphatic heterocycles. The highest BCUT2D eigenvalue weighted by Gasteiger charge is 2.18. The molecule has 0 spiro atoms. The van der Waals surface area contributed by atoms with E-state index in [1.54, 1.807) is 0 Å². The average molecular weight is 419 g/mol. The number of fused-ring (bicyclic) bond motifs is 3. The zero-order valence-corrected chi connectivity index (χ0v) is 17.1. The summed E-state index contributed by atoms with van der Waals surface area (Å²) < 4.78 is 15.2. The maximum atomic E-state index is 13.3. The highest BCUT2D eigenvalue weighted by atomic mass is 32.2. The Morgan fingerprint density at radius 2 is 1.97 bits per heavy atom. The number of benzene rings is 2. The van der Waals surface area contributed by atoms with Gasteiger partial charge in [0.1, 0.15) is 5.82 Å². The van der Waals surface area contributed by atoms with E-state index in [0.717, 1.165) is 22.1 Å².